The summed E-state index contributed by atoms with van der Waals surface area (Å²) in [6, 6.07) is 11.8. The normalized spacial score (nSPS) is 38.6. The van der Waals surface area contributed by atoms with E-state index in [-0.39, 0.29) is 62.0 Å². The number of quaternary nitrogens is 1. The predicted molar refractivity (Wildman–Crippen MR) is 258 cm³/mol. The summed E-state index contributed by atoms with van der Waals surface area (Å²) in [5, 5.41) is 57.5. The molecule has 2 saturated carbocycles. The molecule has 5 heterocycles. The first-order valence-electron chi connectivity index (χ1n) is 25.0. The fourth-order valence-corrected chi connectivity index (χ4v) is 16.2. The van der Waals surface area contributed by atoms with Crippen molar-refractivity contribution < 1.29 is 82.1 Å². The van der Waals surface area contributed by atoms with Gasteiger partial charge in [0, 0.05) is 76.5 Å². The Balaban J connectivity index is 0.000000113. The molecule has 394 valence electrons. The maximum absolute atomic E-state index is 12.6. The zero-order chi connectivity index (χ0) is 51.6. The number of ketones is 3. The summed E-state index contributed by atoms with van der Waals surface area (Å²) in [6.07, 6.45) is 10.5. The fourth-order valence-electron chi connectivity index (χ4n) is 16.2. The van der Waals surface area contributed by atoms with Crippen LogP contribution in [0.2, 0.25) is 0 Å². The van der Waals surface area contributed by atoms with Crippen molar-refractivity contribution in [1.29, 1.82) is 0 Å². The summed E-state index contributed by atoms with van der Waals surface area (Å²) in [7, 11) is -1.50. The molecule has 3 aromatic carbocycles. The topological polar surface area (TPSA) is 312 Å². The Morgan fingerprint density at radius 3 is 1.92 bits per heavy atom. The second-order valence-electron chi connectivity index (χ2n) is 22.0. The highest BCUT2D eigenvalue weighted by Gasteiger charge is 2.75. The molecular formula is C54H61N3O16S. The van der Waals surface area contributed by atoms with Crippen molar-refractivity contribution in [3.8, 4) is 23.0 Å². The van der Waals surface area contributed by atoms with Crippen LogP contribution >= 0.6 is 0 Å². The van der Waals surface area contributed by atoms with Gasteiger partial charge in [-0.1, -0.05) is 30.3 Å². The third kappa shape index (κ3) is 6.32. The second-order valence-corrected chi connectivity index (χ2v) is 22.8. The lowest BCUT2D eigenvalue weighted by atomic mass is 9.46. The van der Waals surface area contributed by atoms with Crippen molar-refractivity contribution in [2.75, 3.05) is 27.2 Å². The molecule has 20 heteroatoms. The van der Waals surface area contributed by atoms with Crippen LogP contribution < -0.4 is 30.0 Å². The summed E-state index contributed by atoms with van der Waals surface area (Å²) < 4.78 is 57.8. The average Bonchev–Trinajstić information content (AvgIpc) is 4.14. The lowest BCUT2D eigenvalue weighted by molar-refractivity contribution is -0.452. The van der Waals surface area contributed by atoms with Crippen molar-refractivity contribution in [1.82, 2.24) is 10.2 Å². The van der Waals surface area contributed by atoms with Gasteiger partial charge in [0.05, 0.1) is 48.2 Å². The van der Waals surface area contributed by atoms with Crippen LogP contribution in [-0.2, 0) is 73.5 Å². The highest BCUT2D eigenvalue weighted by molar-refractivity contribution is 7.79. The number of likely N-dealkylation sites (N-methyl/N-ethyl adjacent to an activating group) is 1. The molecule has 3 spiro atoms. The zero-order valence-corrected chi connectivity index (χ0v) is 42.1. The monoisotopic (exact) mass is 1040 g/mol. The Labute approximate surface area is 427 Å². The second kappa shape index (κ2) is 16.9. The van der Waals surface area contributed by atoms with E-state index in [0.29, 0.717) is 60.7 Å². The van der Waals surface area contributed by atoms with Gasteiger partial charge >= 0.3 is 0 Å². The van der Waals surface area contributed by atoms with Gasteiger partial charge in [-0.3, -0.25) is 22.8 Å². The highest BCUT2D eigenvalue weighted by atomic mass is 32.3. The van der Waals surface area contributed by atoms with E-state index < -0.39 is 61.8 Å². The number of aliphatic hydroxyl groups is 5. The Kier molecular flexibility index (Phi) is 11.6. The standard InChI is InChI=1S/C18H19NO4.C18H21NO4.C17H17NO4.CH3.H2O4S/c1-22-13-3-2-9-8-10-11(19)4-6-17-14(9)15(13)23-16(17)12(20)5-7-18(10,17)21;1-19-7-6-17-14-10-2-3-11(9-20)15(14)23-16(17)12(21)4-5-18(17,22)13(19)8-10;19-8-10-2-1-9-7-12-17(21)4-3-11(20)15-16(17,5-6-18-12)13(9)14(10)22-15;;1-5(2,3)4/h2-3,5,7,10-11,16,21H,4,6,8,19H2,1H3;2-3,13,16,20,22H,4-9H2,1H3;1-4,12,15,18-19,21H,5-8H2;1H3;(H2,1,2,3,4)/q;;;+1;/p-1/t10-,11?,16-,17-,18+;13-,16+,17+,18-;12-,15+,16+,17-;;/m011../s1. The molecule has 0 amide bonds. The Morgan fingerprint density at radius 1 is 0.743 bits per heavy atom. The fraction of sp³-hybridized carbons (Fsp3) is 0.519. The molecule has 6 bridgehead atoms. The number of carbonyl (C=O) groups is 3. The average molecular weight is 1040 g/mol. The summed E-state index contributed by atoms with van der Waals surface area (Å²) in [6.45, 7) is 1.35. The summed E-state index contributed by atoms with van der Waals surface area (Å²) in [4.78, 5) is 39.9. The van der Waals surface area contributed by atoms with Crippen LogP contribution in [0.1, 0.15) is 83.0 Å². The van der Waals surface area contributed by atoms with Gasteiger partial charge in [0.1, 0.15) is 22.7 Å². The molecule has 9 N–H and O–H groups in total. The zero-order valence-electron chi connectivity index (χ0n) is 41.3. The number of likely N-dealkylation sites (tertiary alicyclic amines) is 1. The number of nitrogens with zero attached hydrogens (tertiary/aromatic N) is 1. The molecule has 5 aliphatic heterocycles. The molecule has 12 aliphatic rings. The van der Waals surface area contributed by atoms with Crippen molar-refractivity contribution in [2.24, 2.45) is 5.92 Å². The van der Waals surface area contributed by atoms with Crippen LogP contribution in [0.5, 0.6) is 23.0 Å². The number of hydrogen-bond acceptors (Lipinski definition) is 18. The van der Waals surface area contributed by atoms with Crippen LogP contribution in [0.3, 0.4) is 0 Å². The lowest BCUT2D eigenvalue weighted by Crippen LogP contribution is -2.78. The van der Waals surface area contributed by atoms with Crippen LogP contribution in [0.15, 0.2) is 60.7 Å². The minimum atomic E-state index is -5.17. The number of carbonyl (C=O) groups excluding carboxylic acids is 3. The number of nitrogens with one attached hydrogen (secondary N) is 1. The summed E-state index contributed by atoms with van der Waals surface area (Å²) in [5.41, 5.74) is 6.92. The molecule has 0 radical (unpaired) electrons. The smallest absolute Gasteiger partial charge is 0.196 e. The van der Waals surface area contributed by atoms with Crippen molar-refractivity contribution >= 4 is 27.7 Å². The number of aliphatic hydroxyl groups excluding tert-OH is 2. The number of hydrogen-bond donors (Lipinski definition) is 7. The first kappa shape index (κ1) is 50.9. The molecule has 1 unspecified atom stereocenters. The van der Waals surface area contributed by atoms with Crippen molar-refractivity contribution in [3.05, 3.63) is 113 Å². The Bertz CT molecular complexity index is 3090. The van der Waals surface area contributed by atoms with Gasteiger partial charge < -0.3 is 69.5 Å². The number of benzene rings is 3. The van der Waals surface area contributed by atoms with Crippen LogP contribution in [0.4, 0.5) is 0 Å². The van der Waals surface area contributed by atoms with Gasteiger partial charge in [-0.25, -0.2) is 0 Å². The molecule has 0 aromatic heterocycles. The Morgan fingerprint density at radius 2 is 1.28 bits per heavy atom. The highest BCUT2D eigenvalue weighted by Crippen LogP contribution is 2.67. The number of methoxy groups -OCH3 is 1. The molecule has 19 nitrogen and oxygen atoms in total. The SMILES string of the molecule is CN1CC[C@]23c4c5ccc(CO)c4O[C@H]2C(=O)CC[C@@]3(O)[C@H]1C5.COc1ccc2c3c1O[C@H]1C(=O)C=C[C@@]4(O)[C@@H](C2)C([NH3+])CC[C@]314.O=C1C=C[C@@]2(O)[C@H]3Cc4ccc(CO)c5c4[C@@]2(CCN3)[C@H]1O5.O=S(=O)([O-])[O-].[CH3+]. The quantitative estimate of drug-likeness (QED) is 0.101. The molecular weight excluding hydrogens is 979 g/mol. The lowest BCUT2D eigenvalue weighted by Gasteiger charge is -2.62. The van der Waals surface area contributed by atoms with Gasteiger partial charge in [-0.15, -0.1) is 0 Å². The number of piperidine rings is 2. The first-order valence-corrected chi connectivity index (χ1v) is 26.3. The minimum Gasteiger partial charge on any atom is -0.759 e. The van der Waals surface area contributed by atoms with Gasteiger partial charge in [-0.2, -0.15) is 0 Å². The number of rotatable bonds is 3. The largest absolute Gasteiger partial charge is 0.759 e. The predicted octanol–water partition coefficient (Wildman–Crippen LogP) is -0.250. The molecule has 3 aromatic rings. The van der Waals surface area contributed by atoms with E-state index in [2.05, 4.69) is 29.1 Å². The molecule has 4 fully saturated rings. The van der Waals surface area contributed by atoms with E-state index in [1.54, 1.807) is 19.3 Å². The third-order valence-corrected chi connectivity index (χ3v) is 19.3. The van der Waals surface area contributed by atoms with E-state index in [1.807, 2.05) is 30.3 Å². The van der Waals surface area contributed by atoms with E-state index in [1.165, 1.54) is 12.2 Å². The van der Waals surface area contributed by atoms with E-state index >= 15 is 0 Å². The Hall–Kier alpha value is -5.23. The van der Waals surface area contributed by atoms with Crippen LogP contribution in [0.25, 0.3) is 0 Å². The van der Waals surface area contributed by atoms with Crippen molar-refractivity contribution in [3.63, 3.8) is 0 Å². The molecule has 74 heavy (non-hydrogen) atoms. The van der Waals surface area contributed by atoms with Crippen LogP contribution in [-0.4, -0.2) is 146 Å². The third-order valence-electron chi connectivity index (χ3n) is 19.3. The molecule has 2 saturated heterocycles. The molecule has 7 aliphatic carbocycles. The van der Waals surface area contributed by atoms with E-state index in [9.17, 15) is 39.9 Å². The minimum absolute atomic E-state index is 0. The molecule has 15 rings (SSSR count). The van der Waals surface area contributed by atoms with Crippen LogP contribution in [0, 0.1) is 13.3 Å². The van der Waals surface area contributed by atoms with Gasteiger partial charge in [0.2, 0.25) is 0 Å². The van der Waals surface area contributed by atoms with Gasteiger partial charge in [-0.05, 0) is 112 Å². The molecule has 13 atom stereocenters. The maximum atomic E-state index is 12.6. The number of ether oxygens (including phenoxy) is 4. The van der Waals surface area contributed by atoms with E-state index in [4.69, 9.17) is 36.5 Å². The summed E-state index contributed by atoms with van der Waals surface area (Å²) >= 11 is 0. The van der Waals surface area contributed by atoms with Gasteiger partial charge in [0.15, 0.2) is 47.2 Å². The van der Waals surface area contributed by atoms with Gasteiger partial charge in [0.25, 0.3) is 0 Å². The van der Waals surface area contributed by atoms with Crippen molar-refractivity contribution in [2.45, 2.75) is 140 Å². The first-order chi connectivity index (χ1) is 34.7. The number of Topliss-reactive ketones (excluding diaryl/α,β-unsaturated/α-hetero) is 1. The maximum Gasteiger partial charge on any atom is 0.196 e. The van der Waals surface area contributed by atoms with E-state index in [0.717, 1.165) is 77.7 Å². The summed E-state index contributed by atoms with van der Waals surface area (Å²) in [5.74, 6) is 2.49.